The smallest absolute Gasteiger partial charge is 0.146 e. The predicted molar refractivity (Wildman–Crippen MR) is 37.0 cm³/mol. The van der Waals surface area contributed by atoms with Gasteiger partial charge in [0.1, 0.15) is 25.7 Å². The molecule has 1 rings (SSSR count). The summed E-state index contributed by atoms with van der Waals surface area (Å²) in [6.45, 7) is 0.972. The molecule has 1 saturated heterocycles. The first kappa shape index (κ1) is 8.97. The van der Waals surface area contributed by atoms with E-state index in [1.54, 1.807) is 0 Å². The van der Waals surface area contributed by atoms with Gasteiger partial charge in [-0.1, -0.05) is 0 Å². The minimum Gasteiger partial charge on any atom is -0.393 e. The van der Waals surface area contributed by atoms with Crippen LogP contribution in [0.5, 0.6) is 0 Å². The lowest BCUT2D eigenvalue weighted by Gasteiger charge is -2.24. The first-order valence-electron chi connectivity index (χ1n) is 3.37. The lowest BCUT2D eigenvalue weighted by molar-refractivity contribution is -0.0852. The first-order chi connectivity index (χ1) is 5.01. The molecule has 3 nitrogen and oxygen atoms in total. The van der Waals surface area contributed by atoms with E-state index < -0.39 is 30.5 Å². The number of alkyl halides is 1. The van der Waals surface area contributed by atoms with Crippen LogP contribution in [0.4, 0.5) is 4.39 Å². The molecule has 1 aliphatic heterocycles. The third-order valence-electron chi connectivity index (χ3n) is 1.96. The Morgan fingerprint density at radius 1 is 1.73 bits per heavy atom. The Morgan fingerprint density at radius 3 is 2.45 bits per heavy atom. The first-order valence-corrected chi connectivity index (χ1v) is 3.37. The average molecular weight is 160 g/mol. The van der Waals surface area contributed by atoms with Crippen molar-refractivity contribution in [2.45, 2.75) is 30.8 Å². The van der Waals surface area contributed by atoms with Crippen molar-refractivity contribution in [3.63, 3.8) is 0 Å². The fourth-order valence-electron chi connectivity index (χ4n) is 1.09. The highest BCUT2D eigenvalue weighted by molar-refractivity contribution is 6.11. The highest BCUT2D eigenvalue weighted by atomic mass is 19.1. The van der Waals surface area contributed by atoms with Crippen LogP contribution in [0.15, 0.2) is 0 Å². The number of hydrogen-bond acceptors (Lipinski definition) is 3. The van der Waals surface area contributed by atoms with Crippen LogP contribution in [0, 0.1) is 0 Å². The third-order valence-corrected chi connectivity index (χ3v) is 1.96. The molecular weight excluding hydrogens is 150 g/mol. The van der Waals surface area contributed by atoms with Crippen LogP contribution in [0.3, 0.4) is 0 Å². The van der Waals surface area contributed by atoms with Gasteiger partial charge in [0.05, 0.1) is 12.6 Å². The third kappa shape index (κ3) is 1.28. The zero-order valence-electron chi connectivity index (χ0n) is 6.20. The predicted octanol–water partition coefficient (Wildman–Crippen LogP) is -1.04. The summed E-state index contributed by atoms with van der Waals surface area (Å²) in [5.74, 6) is 0. The van der Waals surface area contributed by atoms with Gasteiger partial charge in [-0.05, 0) is 6.92 Å². The molecule has 0 bridgehead atoms. The van der Waals surface area contributed by atoms with Gasteiger partial charge < -0.3 is 14.9 Å². The Kier molecular flexibility index (Phi) is 2.23. The fourth-order valence-corrected chi connectivity index (χ4v) is 1.09. The fraction of sp³-hybridized carbons (Fsp3) is 1.00. The van der Waals surface area contributed by atoms with Crippen LogP contribution < -0.4 is 0 Å². The van der Waals surface area contributed by atoms with Gasteiger partial charge in [-0.2, -0.15) is 0 Å². The van der Waals surface area contributed by atoms with Crippen LogP contribution in [-0.2, 0) is 4.74 Å². The molecule has 0 aromatic carbocycles. The molecule has 0 aromatic rings. The molecule has 5 heteroatoms. The molecule has 11 heavy (non-hydrogen) atoms. The molecular formula is C6H10BFO3. The van der Waals surface area contributed by atoms with Crippen molar-refractivity contribution < 1.29 is 19.3 Å². The Morgan fingerprint density at radius 2 is 2.27 bits per heavy atom. The van der Waals surface area contributed by atoms with Gasteiger partial charge in [0.15, 0.2) is 0 Å². The molecule has 0 aromatic heterocycles. The number of hydrogen-bond donors (Lipinski definition) is 2. The highest BCUT2D eigenvalue weighted by Gasteiger charge is 2.49. The second-order valence-corrected chi connectivity index (χ2v) is 2.94. The molecule has 1 unspecified atom stereocenters. The monoisotopic (exact) mass is 160 g/mol. The van der Waals surface area contributed by atoms with Crippen molar-refractivity contribution >= 4 is 7.85 Å². The van der Waals surface area contributed by atoms with Gasteiger partial charge in [0.25, 0.3) is 0 Å². The van der Waals surface area contributed by atoms with Gasteiger partial charge >= 0.3 is 0 Å². The largest absolute Gasteiger partial charge is 0.393 e. The van der Waals surface area contributed by atoms with Gasteiger partial charge in [-0.15, -0.1) is 0 Å². The Labute approximate surface area is 65.6 Å². The van der Waals surface area contributed by atoms with Gasteiger partial charge in [-0.3, -0.25) is 0 Å². The highest BCUT2D eigenvalue weighted by Crippen LogP contribution is 2.30. The van der Waals surface area contributed by atoms with Gasteiger partial charge in [0, 0.05) is 0 Å². The van der Waals surface area contributed by atoms with Crippen LogP contribution in [0.1, 0.15) is 6.92 Å². The van der Waals surface area contributed by atoms with E-state index in [9.17, 15) is 4.39 Å². The van der Waals surface area contributed by atoms with Gasteiger partial charge in [-0.25, -0.2) is 4.39 Å². The van der Waals surface area contributed by atoms with E-state index in [4.69, 9.17) is 22.8 Å². The van der Waals surface area contributed by atoms with E-state index in [0.717, 1.165) is 0 Å². The number of rotatable bonds is 1. The molecule has 0 spiro atoms. The van der Waals surface area contributed by atoms with Crippen molar-refractivity contribution in [3.05, 3.63) is 0 Å². The molecule has 1 aliphatic rings. The summed E-state index contributed by atoms with van der Waals surface area (Å²) in [5, 5.41) is 17.9. The number of halogens is 1. The van der Waals surface area contributed by atoms with Crippen molar-refractivity contribution in [2.24, 2.45) is 0 Å². The number of aliphatic hydroxyl groups excluding tert-OH is 2. The van der Waals surface area contributed by atoms with Gasteiger partial charge in [0.2, 0.25) is 0 Å². The summed E-state index contributed by atoms with van der Waals surface area (Å²) in [6.07, 6.45) is -2.96. The van der Waals surface area contributed by atoms with Crippen molar-refractivity contribution in [2.75, 3.05) is 6.61 Å². The molecule has 0 saturated carbocycles. The summed E-state index contributed by atoms with van der Waals surface area (Å²) in [7, 11) is 5.15. The Hall–Kier alpha value is -0.125. The van der Waals surface area contributed by atoms with Crippen LogP contribution >= 0.6 is 0 Å². The van der Waals surface area contributed by atoms with E-state index >= 15 is 0 Å². The Bertz CT molecular complexity index is 157. The maximum atomic E-state index is 12.8. The summed E-state index contributed by atoms with van der Waals surface area (Å²) in [6, 6.07) is -1.14. The second kappa shape index (κ2) is 2.73. The molecule has 0 amide bonds. The molecule has 62 valence electrons. The Balaban J connectivity index is 2.73. The molecule has 1 fully saturated rings. The zero-order valence-corrected chi connectivity index (χ0v) is 6.20. The van der Waals surface area contributed by atoms with Crippen molar-refractivity contribution in [1.82, 2.24) is 0 Å². The SMILES string of the molecule is [B][C@@H]1O[C@](C)(CO)C(O)[C@H]1F. The lowest BCUT2D eigenvalue weighted by atomic mass is 9.91. The standard InChI is InChI=1S/C6H10BFO3/c1-6(2-9)4(10)3(8)5(7)11-6/h3-5,9-10H,2H2,1H3/t3-,4?,5-,6-/m1/s1. The normalized spacial score (nSPS) is 51.5. The summed E-state index contributed by atoms with van der Waals surface area (Å²) in [5.41, 5.74) is -1.25. The maximum Gasteiger partial charge on any atom is 0.146 e. The summed E-state index contributed by atoms with van der Waals surface area (Å²) in [4.78, 5) is 0. The number of ether oxygens (including phenoxy) is 1. The minimum absolute atomic E-state index is 0.442. The zero-order chi connectivity index (χ0) is 8.65. The van der Waals surface area contributed by atoms with Crippen molar-refractivity contribution in [3.8, 4) is 0 Å². The average Bonchev–Trinajstić information content (AvgIpc) is 2.17. The van der Waals surface area contributed by atoms with E-state index in [1.165, 1.54) is 6.92 Å². The molecule has 2 N–H and O–H groups in total. The van der Waals surface area contributed by atoms with Crippen LogP contribution in [0.25, 0.3) is 0 Å². The van der Waals surface area contributed by atoms with E-state index in [2.05, 4.69) is 0 Å². The lowest BCUT2D eigenvalue weighted by Crippen LogP contribution is -2.42. The maximum absolute atomic E-state index is 12.8. The van der Waals surface area contributed by atoms with Crippen LogP contribution in [-0.4, -0.2) is 48.5 Å². The molecule has 1 heterocycles. The summed E-state index contributed by atoms with van der Waals surface area (Å²) >= 11 is 0. The molecule has 4 atom stereocenters. The molecule has 0 aliphatic carbocycles. The van der Waals surface area contributed by atoms with Crippen LogP contribution in [0.2, 0.25) is 0 Å². The van der Waals surface area contributed by atoms with E-state index in [0.29, 0.717) is 0 Å². The van der Waals surface area contributed by atoms with E-state index in [-0.39, 0.29) is 0 Å². The quantitative estimate of drug-likeness (QED) is 0.481. The minimum atomic E-state index is -1.62. The van der Waals surface area contributed by atoms with Crippen molar-refractivity contribution in [1.29, 1.82) is 0 Å². The topological polar surface area (TPSA) is 49.7 Å². The second-order valence-electron chi connectivity index (χ2n) is 2.94. The molecule has 2 radical (unpaired) electrons. The summed E-state index contributed by atoms with van der Waals surface area (Å²) < 4.78 is 17.6. The number of aliphatic hydroxyl groups is 2. The van der Waals surface area contributed by atoms with E-state index in [1.807, 2.05) is 0 Å².